The fraction of sp³-hybridized carbons (Fsp3) is 0.353. The maximum atomic E-state index is 12.7. The van der Waals surface area contributed by atoms with E-state index in [9.17, 15) is 13.2 Å². The van der Waals surface area contributed by atoms with E-state index in [0.29, 0.717) is 25.3 Å². The number of amides is 1. The van der Waals surface area contributed by atoms with Crippen LogP contribution < -0.4 is 10.6 Å². The molecule has 0 saturated heterocycles. The van der Waals surface area contributed by atoms with Crippen LogP contribution in [0.2, 0.25) is 5.02 Å². The van der Waals surface area contributed by atoms with Crippen molar-refractivity contribution in [3.8, 4) is 0 Å². The number of rotatable bonds is 9. The van der Waals surface area contributed by atoms with Crippen molar-refractivity contribution >= 4 is 44.6 Å². The molecular weight excluding hydrogens is 394 g/mol. The Balaban J connectivity index is 2.03. The first kappa shape index (κ1) is 20.7. The van der Waals surface area contributed by atoms with E-state index in [4.69, 9.17) is 11.6 Å². The first-order chi connectivity index (χ1) is 12.4. The zero-order valence-corrected chi connectivity index (χ0v) is 17.0. The fourth-order valence-corrected chi connectivity index (χ4v) is 4.96. The number of anilines is 1. The number of hydrogen-bond donors (Lipinski definition) is 2. The van der Waals surface area contributed by atoms with Crippen LogP contribution in [0.15, 0.2) is 40.6 Å². The van der Waals surface area contributed by atoms with Gasteiger partial charge in [0.25, 0.3) is 0 Å². The van der Waals surface area contributed by atoms with Crippen LogP contribution in [0.1, 0.15) is 18.7 Å². The second-order valence-corrected chi connectivity index (χ2v) is 8.79. The van der Waals surface area contributed by atoms with Gasteiger partial charge in [0.05, 0.1) is 18.1 Å². The van der Waals surface area contributed by atoms with Crippen molar-refractivity contribution in [2.24, 2.45) is 0 Å². The van der Waals surface area contributed by atoms with E-state index in [0.717, 1.165) is 4.88 Å². The van der Waals surface area contributed by atoms with Crippen molar-refractivity contribution < 1.29 is 13.2 Å². The van der Waals surface area contributed by atoms with Crippen molar-refractivity contribution in [2.45, 2.75) is 25.3 Å². The summed E-state index contributed by atoms with van der Waals surface area (Å²) in [4.78, 5) is 13.0. The Morgan fingerprint density at radius 2 is 1.96 bits per heavy atom. The number of thiophene rings is 1. The van der Waals surface area contributed by atoms with Gasteiger partial charge in [0.1, 0.15) is 4.90 Å². The molecule has 2 aromatic rings. The SMILES string of the molecule is CCN(CC)S(=O)(=O)c1cc(NCC(=O)NCc2cccs2)ccc1Cl. The smallest absolute Gasteiger partial charge is 0.244 e. The summed E-state index contributed by atoms with van der Waals surface area (Å²) in [5, 5.41) is 7.85. The summed E-state index contributed by atoms with van der Waals surface area (Å²) in [6.07, 6.45) is 0. The minimum absolute atomic E-state index is 0.0341. The Morgan fingerprint density at radius 3 is 2.58 bits per heavy atom. The predicted octanol–water partition coefficient (Wildman–Crippen LogP) is 3.16. The highest BCUT2D eigenvalue weighted by Crippen LogP contribution is 2.27. The maximum absolute atomic E-state index is 12.7. The van der Waals surface area contributed by atoms with Crippen LogP contribution in [0.3, 0.4) is 0 Å². The number of nitrogens with one attached hydrogen (secondary N) is 2. The number of sulfonamides is 1. The standard InChI is InChI=1S/C17H22ClN3O3S2/c1-3-21(4-2)26(23,24)16-10-13(7-8-15(16)18)19-12-17(22)20-11-14-6-5-9-25-14/h5-10,19H,3-4,11-12H2,1-2H3,(H,20,22). The Labute approximate surface area is 163 Å². The molecule has 6 nitrogen and oxygen atoms in total. The summed E-state index contributed by atoms with van der Waals surface area (Å²) >= 11 is 7.67. The van der Waals surface area contributed by atoms with E-state index in [-0.39, 0.29) is 22.4 Å². The van der Waals surface area contributed by atoms with Gasteiger partial charge in [-0.2, -0.15) is 4.31 Å². The molecule has 0 unspecified atom stereocenters. The average molecular weight is 416 g/mol. The lowest BCUT2D eigenvalue weighted by molar-refractivity contribution is -0.119. The van der Waals surface area contributed by atoms with E-state index < -0.39 is 10.0 Å². The summed E-state index contributed by atoms with van der Waals surface area (Å²) in [6, 6.07) is 8.50. The summed E-state index contributed by atoms with van der Waals surface area (Å²) in [5.74, 6) is -0.179. The zero-order valence-electron chi connectivity index (χ0n) is 14.7. The van der Waals surface area contributed by atoms with E-state index in [1.165, 1.54) is 16.4 Å². The Hall–Kier alpha value is -1.61. The van der Waals surface area contributed by atoms with E-state index in [1.54, 1.807) is 31.3 Å². The lowest BCUT2D eigenvalue weighted by Gasteiger charge is -2.20. The molecule has 0 bridgehead atoms. The van der Waals surface area contributed by atoms with Crippen molar-refractivity contribution in [1.29, 1.82) is 0 Å². The van der Waals surface area contributed by atoms with Crippen molar-refractivity contribution in [3.63, 3.8) is 0 Å². The molecule has 1 aromatic heterocycles. The molecule has 2 rings (SSSR count). The molecule has 2 N–H and O–H groups in total. The van der Waals surface area contributed by atoms with Gasteiger partial charge in [-0.1, -0.05) is 31.5 Å². The molecule has 9 heteroatoms. The summed E-state index contributed by atoms with van der Waals surface area (Å²) in [7, 11) is -3.67. The minimum atomic E-state index is -3.67. The molecule has 26 heavy (non-hydrogen) atoms. The second kappa shape index (κ2) is 9.36. The molecule has 0 radical (unpaired) electrons. The predicted molar refractivity (Wildman–Crippen MR) is 106 cm³/mol. The Bertz CT molecular complexity index is 835. The first-order valence-electron chi connectivity index (χ1n) is 8.21. The van der Waals surface area contributed by atoms with Crippen LogP contribution >= 0.6 is 22.9 Å². The summed E-state index contributed by atoms with van der Waals surface area (Å²) in [5.41, 5.74) is 0.520. The molecule has 1 aromatic carbocycles. The van der Waals surface area contributed by atoms with Gasteiger partial charge in [-0.05, 0) is 29.6 Å². The molecule has 0 saturated carbocycles. The lowest BCUT2D eigenvalue weighted by Crippen LogP contribution is -2.31. The lowest BCUT2D eigenvalue weighted by atomic mass is 10.3. The monoisotopic (exact) mass is 415 g/mol. The minimum Gasteiger partial charge on any atom is -0.376 e. The van der Waals surface area contributed by atoms with Crippen LogP contribution in [0, 0.1) is 0 Å². The largest absolute Gasteiger partial charge is 0.376 e. The third-order valence-corrected chi connectivity index (χ3v) is 7.16. The zero-order chi connectivity index (χ0) is 19.2. The van der Waals surface area contributed by atoms with Crippen molar-refractivity contribution in [3.05, 3.63) is 45.6 Å². The van der Waals surface area contributed by atoms with Crippen molar-refractivity contribution in [2.75, 3.05) is 25.0 Å². The first-order valence-corrected chi connectivity index (χ1v) is 10.9. The number of benzene rings is 1. The molecule has 0 fully saturated rings. The average Bonchev–Trinajstić information content (AvgIpc) is 3.13. The second-order valence-electron chi connectivity index (χ2n) is 5.44. The third kappa shape index (κ3) is 5.20. The van der Waals surface area contributed by atoms with Gasteiger partial charge in [0.2, 0.25) is 15.9 Å². The van der Waals surface area contributed by atoms with Crippen LogP contribution in [0.5, 0.6) is 0 Å². The van der Waals surface area contributed by atoms with Gasteiger partial charge >= 0.3 is 0 Å². The van der Waals surface area contributed by atoms with E-state index in [1.807, 2.05) is 17.5 Å². The number of carbonyl (C=O) groups excluding carboxylic acids is 1. The highest BCUT2D eigenvalue weighted by Gasteiger charge is 2.24. The highest BCUT2D eigenvalue weighted by molar-refractivity contribution is 7.89. The highest BCUT2D eigenvalue weighted by atomic mass is 35.5. The number of nitrogens with zero attached hydrogens (tertiary/aromatic N) is 1. The van der Waals surface area contributed by atoms with Gasteiger partial charge in [-0.25, -0.2) is 8.42 Å². The summed E-state index contributed by atoms with van der Waals surface area (Å²) in [6.45, 7) is 4.78. The van der Waals surface area contributed by atoms with Crippen LogP contribution in [0.25, 0.3) is 0 Å². The van der Waals surface area contributed by atoms with Gasteiger partial charge in [0.15, 0.2) is 0 Å². The van der Waals surface area contributed by atoms with Gasteiger partial charge in [-0.15, -0.1) is 11.3 Å². The van der Waals surface area contributed by atoms with Crippen LogP contribution in [0.4, 0.5) is 5.69 Å². The summed E-state index contributed by atoms with van der Waals surface area (Å²) < 4.78 is 26.7. The van der Waals surface area contributed by atoms with Gasteiger partial charge in [0, 0.05) is 23.7 Å². The Morgan fingerprint density at radius 1 is 1.23 bits per heavy atom. The molecule has 142 valence electrons. The molecule has 0 aliphatic carbocycles. The molecule has 1 heterocycles. The van der Waals surface area contributed by atoms with Crippen LogP contribution in [-0.4, -0.2) is 38.3 Å². The third-order valence-electron chi connectivity index (χ3n) is 3.75. The number of hydrogen-bond acceptors (Lipinski definition) is 5. The van der Waals surface area contributed by atoms with E-state index in [2.05, 4.69) is 10.6 Å². The molecule has 0 atom stereocenters. The number of halogens is 1. The molecule has 1 amide bonds. The quantitative estimate of drug-likeness (QED) is 0.659. The van der Waals surface area contributed by atoms with E-state index >= 15 is 0 Å². The molecular formula is C17H22ClN3O3S2. The molecule has 0 aliphatic heterocycles. The number of carbonyl (C=O) groups is 1. The topological polar surface area (TPSA) is 78.5 Å². The van der Waals surface area contributed by atoms with Crippen molar-refractivity contribution in [1.82, 2.24) is 9.62 Å². The van der Waals surface area contributed by atoms with Gasteiger partial charge in [-0.3, -0.25) is 4.79 Å². The van der Waals surface area contributed by atoms with Crippen LogP contribution in [-0.2, 0) is 21.4 Å². The Kier molecular flexibility index (Phi) is 7.45. The maximum Gasteiger partial charge on any atom is 0.244 e. The molecule has 0 spiro atoms. The van der Waals surface area contributed by atoms with Gasteiger partial charge < -0.3 is 10.6 Å². The normalized spacial score (nSPS) is 11.5. The fourth-order valence-electron chi connectivity index (χ4n) is 2.36. The molecule has 0 aliphatic rings.